The Morgan fingerprint density at radius 2 is 2.00 bits per heavy atom. The third kappa shape index (κ3) is 5.42. The smallest absolute Gasteiger partial charge is 0.305 e. The average Bonchev–Trinajstić information content (AvgIpc) is 3.42. The van der Waals surface area contributed by atoms with E-state index in [-0.39, 0.29) is 11.9 Å². The number of ether oxygens (including phenoxy) is 1. The minimum Gasteiger partial charge on any atom is -0.469 e. The molecule has 6 nitrogen and oxygen atoms in total. The van der Waals surface area contributed by atoms with E-state index in [1.165, 1.54) is 7.11 Å². The van der Waals surface area contributed by atoms with Gasteiger partial charge in [-0.05, 0) is 36.1 Å². The van der Waals surface area contributed by atoms with Gasteiger partial charge in [0.1, 0.15) is 5.69 Å². The predicted octanol–water partition coefficient (Wildman–Crippen LogP) is 4.03. The van der Waals surface area contributed by atoms with Gasteiger partial charge in [-0.15, -0.1) is 11.3 Å². The summed E-state index contributed by atoms with van der Waals surface area (Å²) in [6, 6.07) is 13.9. The Hall–Kier alpha value is -3.19. The van der Waals surface area contributed by atoms with Crippen LogP contribution in [0.15, 0.2) is 60.1 Å². The van der Waals surface area contributed by atoms with Gasteiger partial charge in [-0.25, -0.2) is 4.68 Å². The van der Waals surface area contributed by atoms with Crippen molar-refractivity contribution in [1.29, 1.82) is 0 Å². The number of carbonyl (C=O) groups excluding carboxylic acids is 2. The molecule has 29 heavy (non-hydrogen) atoms. The number of nitrogens with zero attached hydrogens (tertiary/aromatic N) is 3. The third-order valence-corrected chi connectivity index (χ3v) is 5.28. The lowest BCUT2D eigenvalue weighted by atomic mass is 10.2. The van der Waals surface area contributed by atoms with Gasteiger partial charge in [0, 0.05) is 37.8 Å². The number of para-hydroxylation sites is 1. The monoisotopic (exact) mass is 409 g/mol. The molecule has 0 saturated carbocycles. The molecule has 0 aliphatic heterocycles. The number of aromatic nitrogens is 2. The van der Waals surface area contributed by atoms with E-state index in [1.54, 1.807) is 35.4 Å². The lowest BCUT2D eigenvalue weighted by molar-refractivity contribution is -0.141. The van der Waals surface area contributed by atoms with E-state index in [2.05, 4.69) is 4.74 Å². The molecule has 1 aromatic carbocycles. The van der Waals surface area contributed by atoms with E-state index < -0.39 is 0 Å². The summed E-state index contributed by atoms with van der Waals surface area (Å²) in [4.78, 5) is 26.3. The first-order valence-electron chi connectivity index (χ1n) is 9.27. The van der Waals surface area contributed by atoms with Gasteiger partial charge in [-0.2, -0.15) is 5.10 Å². The van der Waals surface area contributed by atoms with Crippen molar-refractivity contribution in [2.45, 2.75) is 12.8 Å². The Labute approximate surface area is 174 Å². The number of methoxy groups -OCH3 is 1. The maximum absolute atomic E-state index is 12.4. The van der Waals surface area contributed by atoms with E-state index in [1.807, 2.05) is 58.7 Å². The van der Waals surface area contributed by atoms with Gasteiger partial charge in [-0.3, -0.25) is 9.59 Å². The number of likely N-dealkylation sites (N-methyl/N-ethyl adjacent to an activating group) is 1. The third-order valence-electron chi connectivity index (χ3n) is 4.40. The van der Waals surface area contributed by atoms with Crippen molar-refractivity contribution in [1.82, 2.24) is 14.7 Å². The van der Waals surface area contributed by atoms with Crippen LogP contribution < -0.4 is 0 Å². The molecule has 1 amide bonds. The van der Waals surface area contributed by atoms with Crippen LogP contribution >= 0.6 is 11.3 Å². The van der Waals surface area contributed by atoms with Crippen LogP contribution in [0.3, 0.4) is 0 Å². The molecule has 3 aromatic rings. The molecular formula is C22H23N3O3S. The van der Waals surface area contributed by atoms with Crippen LogP contribution in [0.2, 0.25) is 0 Å². The predicted molar refractivity (Wildman–Crippen MR) is 115 cm³/mol. The van der Waals surface area contributed by atoms with Gasteiger partial charge in [-0.1, -0.05) is 24.3 Å². The van der Waals surface area contributed by atoms with Crippen molar-refractivity contribution in [3.63, 3.8) is 0 Å². The summed E-state index contributed by atoms with van der Waals surface area (Å²) in [5, 5.41) is 6.73. The Bertz CT molecular complexity index is 978. The largest absolute Gasteiger partial charge is 0.469 e. The normalized spacial score (nSPS) is 11.0. The standard InChI is InChI=1S/C22H23N3O3S/c1-24(14-6-11-21(27)28-2)20(26)13-12-17-16-25(18-8-4-3-5-9-18)23-22(17)19-10-7-15-29-19/h3-5,7-10,12-13,15-16H,6,11,14H2,1-2H3/b13-12+. The molecule has 0 N–H and O–H groups in total. The minimum absolute atomic E-state index is 0.126. The fourth-order valence-electron chi connectivity index (χ4n) is 2.79. The molecule has 0 radical (unpaired) electrons. The van der Waals surface area contributed by atoms with E-state index in [0.717, 1.165) is 21.8 Å². The molecule has 0 aliphatic rings. The number of thiophene rings is 1. The van der Waals surface area contributed by atoms with Gasteiger partial charge in [0.2, 0.25) is 5.91 Å². The number of rotatable bonds is 8. The van der Waals surface area contributed by atoms with E-state index >= 15 is 0 Å². The summed E-state index contributed by atoms with van der Waals surface area (Å²) >= 11 is 1.61. The highest BCUT2D eigenvalue weighted by Crippen LogP contribution is 2.28. The topological polar surface area (TPSA) is 64.4 Å². The van der Waals surface area contributed by atoms with Crippen molar-refractivity contribution in [2.75, 3.05) is 20.7 Å². The SMILES string of the molecule is COC(=O)CCCN(C)C(=O)/C=C/c1cn(-c2ccccc2)nc1-c1cccs1. The summed E-state index contributed by atoms with van der Waals surface area (Å²) in [6.45, 7) is 0.485. The zero-order valence-corrected chi connectivity index (χ0v) is 17.3. The van der Waals surface area contributed by atoms with Crippen LogP contribution in [0, 0.1) is 0 Å². The van der Waals surface area contributed by atoms with E-state index in [9.17, 15) is 9.59 Å². The Morgan fingerprint density at radius 3 is 2.69 bits per heavy atom. The number of carbonyl (C=O) groups is 2. The van der Waals surface area contributed by atoms with Crippen LogP contribution in [0.25, 0.3) is 22.3 Å². The lowest BCUT2D eigenvalue weighted by Gasteiger charge is -2.14. The lowest BCUT2D eigenvalue weighted by Crippen LogP contribution is -2.26. The maximum atomic E-state index is 12.4. The number of benzene rings is 1. The summed E-state index contributed by atoms with van der Waals surface area (Å²) in [7, 11) is 3.08. The number of hydrogen-bond donors (Lipinski definition) is 0. The van der Waals surface area contributed by atoms with Crippen molar-refractivity contribution in [2.24, 2.45) is 0 Å². The quantitative estimate of drug-likeness (QED) is 0.416. The second kappa shape index (κ2) is 9.84. The number of esters is 1. The Morgan fingerprint density at radius 1 is 1.21 bits per heavy atom. The van der Waals surface area contributed by atoms with Crippen molar-refractivity contribution >= 4 is 29.3 Å². The number of amides is 1. The van der Waals surface area contributed by atoms with Gasteiger partial charge in [0.25, 0.3) is 0 Å². The van der Waals surface area contributed by atoms with Crippen LogP contribution in [0.1, 0.15) is 18.4 Å². The van der Waals surface area contributed by atoms with Crippen LogP contribution in [0.4, 0.5) is 0 Å². The van der Waals surface area contributed by atoms with E-state index in [4.69, 9.17) is 5.10 Å². The molecular weight excluding hydrogens is 386 g/mol. The zero-order chi connectivity index (χ0) is 20.6. The summed E-state index contributed by atoms with van der Waals surface area (Å²) in [5.41, 5.74) is 2.66. The average molecular weight is 410 g/mol. The van der Waals surface area contributed by atoms with Gasteiger partial charge < -0.3 is 9.64 Å². The Kier molecular flexibility index (Phi) is 6.97. The first kappa shape index (κ1) is 20.5. The molecule has 0 unspecified atom stereocenters. The summed E-state index contributed by atoms with van der Waals surface area (Å²) in [5.74, 6) is -0.394. The molecule has 0 saturated heterocycles. The van der Waals surface area contributed by atoms with Crippen molar-refractivity contribution in [3.8, 4) is 16.3 Å². The second-order valence-electron chi connectivity index (χ2n) is 6.46. The van der Waals surface area contributed by atoms with Gasteiger partial charge in [0.05, 0.1) is 17.7 Å². The van der Waals surface area contributed by atoms with E-state index in [0.29, 0.717) is 19.4 Å². The molecule has 0 aliphatic carbocycles. The van der Waals surface area contributed by atoms with Crippen LogP contribution in [0.5, 0.6) is 0 Å². The minimum atomic E-state index is -0.268. The van der Waals surface area contributed by atoms with Gasteiger partial charge >= 0.3 is 5.97 Å². The molecule has 0 atom stereocenters. The van der Waals surface area contributed by atoms with Crippen molar-refractivity contribution in [3.05, 3.63) is 65.7 Å². The van der Waals surface area contributed by atoms with Crippen molar-refractivity contribution < 1.29 is 14.3 Å². The Balaban J connectivity index is 1.76. The fourth-order valence-corrected chi connectivity index (χ4v) is 3.52. The summed E-state index contributed by atoms with van der Waals surface area (Å²) < 4.78 is 6.44. The first-order chi connectivity index (χ1) is 14.1. The molecule has 0 bridgehead atoms. The fraction of sp³-hybridized carbons (Fsp3) is 0.227. The first-order valence-corrected chi connectivity index (χ1v) is 10.2. The molecule has 150 valence electrons. The molecule has 7 heteroatoms. The van der Waals surface area contributed by atoms with Gasteiger partial charge in [0.15, 0.2) is 0 Å². The molecule has 0 spiro atoms. The van der Waals surface area contributed by atoms with Crippen LogP contribution in [-0.4, -0.2) is 47.3 Å². The highest BCUT2D eigenvalue weighted by atomic mass is 32.1. The van der Waals surface area contributed by atoms with Crippen LogP contribution in [-0.2, 0) is 14.3 Å². The molecule has 0 fully saturated rings. The second-order valence-corrected chi connectivity index (χ2v) is 7.41. The zero-order valence-electron chi connectivity index (χ0n) is 16.4. The summed E-state index contributed by atoms with van der Waals surface area (Å²) in [6.07, 6.45) is 6.12. The molecule has 3 rings (SSSR count). The maximum Gasteiger partial charge on any atom is 0.305 e. The molecule has 2 aromatic heterocycles. The highest BCUT2D eigenvalue weighted by molar-refractivity contribution is 7.13. The number of hydrogen-bond acceptors (Lipinski definition) is 5. The highest BCUT2D eigenvalue weighted by Gasteiger charge is 2.12. The molecule has 2 heterocycles.